The molecule has 4 heteroatoms. The van der Waals surface area contributed by atoms with Crippen molar-refractivity contribution in [1.29, 1.82) is 0 Å². The first-order chi connectivity index (χ1) is 4.84. The largest absolute Gasteiger partial charge is 0.264 e. The fourth-order valence-corrected chi connectivity index (χ4v) is 0.761. The van der Waals surface area contributed by atoms with Crippen LogP contribution in [0.1, 0.15) is 5.56 Å². The number of rotatable bonds is 2. The zero-order valence-electron chi connectivity index (χ0n) is 5.12. The molecule has 0 spiro atoms. The first-order valence-electron chi connectivity index (χ1n) is 2.72. The number of pyridine rings is 1. The Balaban J connectivity index is 2.91. The van der Waals surface area contributed by atoms with E-state index in [1.165, 1.54) is 6.20 Å². The highest BCUT2D eigenvalue weighted by Gasteiger charge is 1.96. The third-order valence-corrected chi connectivity index (χ3v) is 1.45. The minimum absolute atomic E-state index is 0.0900. The number of hydrogen-bond donors (Lipinski definition) is 0. The molecule has 1 heterocycles. The van der Waals surface area contributed by atoms with Crippen LogP contribution < -0.4 is 0 Å². The number of halogens is 1. The molecule has 0 fully saturated rings. The van der Waals surface area contributed by atoms with Crippen LogP contribution in [0, 0.1) is 4.91 Å². The van der Waals surface area contributed by atoms with Gasteiger partial charge in [-0.2, -0.15) is 4.91 Å². The van der Waals surface area contributed by atoms with Gasteiger partial charge in [0.15, 0.2) is 0 Å². The lowest BCUT2D eigenvalue weighted by Crippen LogP contribution is -1.82. The van der Waals surface area contributed by atoms with E-state index in [0.717, 1.165) is 0 Å². The molecule has 1 aromatic rings. The van der Waals surface area contributed by atoms with E-state index in [9.17, 15) is 4.91 Å². The summed E-state index contributed by atoms with van der Waals surface area (Å²) in [6, 6.07) is 1.63. The molecule has 3 nitrogen and oxygen atoms in total. The second kappa shape index (κ2) is 3.27. The van der Waals surface area contributed by atoms with Gasteiger partial charge in [-0.05, 0) is 6.07 Å². The fourth-order valence-electron chi connectivity index (χ4n) is 0.596. The molecule has 0 saturated carbocycles. The van der Waals surface area contributed by atoms with Crippen molar-refractivity contribution in [3.63, 3.8) is 0 Å². The minimum atomic E-state index is 0.0900. The summed E-state index contributed by atoms with van der Waals surface area (Å²) in [5.74, 6) is 0. The molecule has 0 unspecified atom stereocenters. The van der Waals surface area contributed by atoms with Crippen LogP contribution in [0.25, 0.3) is 0 Å². The fraction of sp³-hybridized carbons (Fsp3) is 0.167. The van der Waals surface area contributed by atoms with E-state index in [2.05, 4.69) is 10.2 Å². The standard InChI is InChI=1S/C6H5ClN2O/c7-6-1-2-8-3-5(6)4-9-10/h1-3H,4H2. The minimum Gasteiger partial charge on any atom is -0.264 e. The van der Waals surface area contributed by atoms with Crippen molar-refractivity contribution in [3.8, 4) is 0 Å². The summed E-state index contributed by atoms with van der Waals surface area (Å²) in [5.41, 5.74) is 0.666. The molecule has 1 aromatic heterocycles. The van der Waals surface area contributed by atoms with E-state index >= 15 is 0 Å². The SMILES string of the molecule is O=NCc1cnccc1Cl. The molecule has 52 valence electrons. The Hall–Kier alpha value is -0.960. The van der Waals surface area contributed by atoms with Crippen molar-refractivity contribution in [2.45, 2.75) is 6.54 Å². The number of nitroso groups, excluding NO2 is 1. The molecule has 1 rings (SSSR count). The maximum atomic E-state index is 9.79. The summed E-state index contributed by atoms with van der Waals surface area (Å²) in [4.78, 5) is 13.6. The van der Waals surface area contributed by atoms with Gasteiger partial charge in [-0.15, -0.1) is 0 Å². The molecule has 0 saturated heterocycles. The molecule has 0 N–H and O–H groups in total. The van der Waals surface area contributed by atoms with Gasteiger partial charge in [-0.1, -0.05) is 16.8 Å². The van der Waals surface area contributed by atoms with Crippen molar-refractivity contribution in [1.82, 2.24) is 4.98 Å². The lowest BCUT2D eigenvalue weighted by Gasteiger charge is -1.94. The Morgan fingerprint density at radius 2 is 2.50 bits per heavy atom. The van der Waals surface area contributed by atoms with Gasteiger partial charge in [0.25, 0.3) is 0 Å². The van der Waals surface area contributed by atoms with Gasteiger partial charge in [-0.25, -0.2) is 0 Å². The van der Waals surface area contributed by atoms with Crippen molar-refractivity contribution in [3.05, 3.63) is 34.0 Å². The van der Waals surface area contributed by atoms with Gasteiger partial charge in [0.05, 0.1) is 0 Å². The molecule has 0 aliphatic carbocycles. The molecule has 0 bridgehead atoms. The second-order valence-corrected chi connectivity index (χ2v) is 2.16. The summed E-state index contributed by atoms with van der Waals surface area (Å²) in [6.45, 7) is 0.0900. The monoisotopic (exact) mass is 156 g/mol. The summed E-state index contributed by atoms with van der Waals surface area (Å²) in [6.07, 6.45) is 3.10. The van der Waals surface area contributed by atoms with Crippen molar-refractivity contribution in [2.24, 2.45) is 5.18 Å². The molecule has 0 aliphatic rings. The van der Waals surface area contributed by atoms with E-state index in [-0.39, 0.29) is 6.54 Å². The quantitative estimate of drug-likeness (QED) is 0.615. The third-order valence-electron chi connectivity index (χ3n) is 1.08. The average Bonchev–Trinajstić information content (AvgIpc) is 1.94. The molecule has 0 aliphatic heterocycles. The van der Waals surface area contributed by atoms with Crippen LogP contribution in [0.15, 0.2) is 23.6 Å². The maximum Gasteiger partial charge on any atom is 0.109 e. The summed E-state index contributed by atoms with van der Waals surface area (Å²) in [7, 11) is 0. The van der Waals surface area contributed by atoms with Crippen LogP contribution in [-0.4, -0.2) is 4.98 Å². The van der Waals surface area contributed by atoms with Crippen LogP contribution in [0.3, 0.4) is 0 Å². The normalized spacial score (nSPS) is 9.30. The molecular formula is C6H5ClN2O. The van der Waals surface area contributed by atoms with Crippen LogP contribution in [0.2, 0.25) is 5.02 Å². The van der Waals surface area contributed by atoms with Crippen LogP contribution in [0.4, 0.5) is 0 Å². The van der Waals surface area contributed by atoms with E-state index in [4.69, 9.17) is 11.6 Å². The molecule has 0 atom stereocenters. The van der Waals surface area contributed by atoms with Crippen molar-refractivity contribution < 1.29 is 0 Å². The highest BCUT2D eigenvalue weighted by atomic mass is 35.5. The number of aromatic nitrogens is 1. The highest BCUT2D eigenvalue weighted by Crippen LogP contribution is 2.13. The first kappa shape index (κ1) is 7.15. The Labute approximate surface area is 63.0 Å². The highest BCUT2D eigenvalue weighted by molar-refractivity contribution is 6.31. The molecular weight excluding hydrogens is 152 g/mol. The van der Waals surface area contributed by atoms with Crippen LogP contribution in [0.5, 0.6) is 0 Å². The Morgan fingerprint density at radius 1 is 1.70 bits per heavy atom. The predicted molar refractivity (Wildman–Crippen MR) is 38.7 cm³/mol. The summed E-state index contributed by atoms with van der Waals surface area (Å²) < 4.78 is 0. The van der Waals surface area contributed by atoms with Crippen molar-refractivity contribution in [2.75, 3.05) is 0 Å². The maximum absolute atomic E-state index is 9.79. The van der Waals surface area contributed by atoms with E-state index < -0.39 is 0 Å². The van der Waals surface area contributed by atoms with Gasteiger partial charge in [0, 0.05) is 23.0 Å². The average molecular weight is 157 g/mol. The van der Waals surface area contributed by atoms with Crippen LogP contribution in [-0.2, 0) is 6.54 Å². The first-order valence-corrected chi connectivity index (χ1v) is 3.10. The lowest BCUT2D eigenvalue weighted by molar-refractivity contribution is 1.03. The Morgan fingerprint density at radius 3 is 3.10 bits per heavy atom. The summed E-state index contributed by atoms with van der Waals surface area (Å²) in [5, 5.41) is 3.23. The molecule has 10 heavy (non-hydrogen) atoms. The van der Waals surface area contributed by atoms with Crippen molar-refractivity contribution >= 4 is 11.6 Å². The van der Waals surface area contributed by atoms with Gasteiger partial charge in [0.1, 0.15) is 6.54 Å². The van der Waals surface area contributed by atoms with Gasteiger partial charge >= 0.3 is 0 Å². The van der Waals surface area contributed by atoms with Crippen LogP contribution >= 0.6 is 11.6 Å². The van der Waals surface area contributed by atoms with Gasteiger partial charge in [-0.3, -0.25) is 4.98 Å². The molecule has 0 radical (unpaired) electrons. The third kappa shape index (κ3) is 1.51. The predicted octanol–water partition coefficient (Wildman–Crippen LogP) is 2.00. The second-order valence-electron chi connectivity index (χ2n) is 1.75. The number of hydrogen-bond acceptors (Lipinski definition) is 3. The molecule has 0 aromatic carbocycles. The van der Waals surface area contributed by atoms with E-state index in [1.54, 1.807) is 12.3 Å². The zero-order valence-corrected chi connectivity index (χ0v) is 5.88. The lowest BCUT2D eigenvalue weighted by atomic mass is 10.3. The molecule has 0 amide bonds. The van der Waals surface area contributed by atoms with E-state index in [0.29, 0.717) is 10.6 Å². The Bertz CT molecular complexity index is 239. The number of nitrogens with zero attached hydrogens (tertiary/aromatic N) is 2. The Kier molecular flexibility index (Phi) is 2.34. The van der Waals surface area contributed by atoms with Gasteiger partial charge < -0.3 is 0 Å². The van der Waals surface area contributed by atoms with E-state index in [1.807, 2.05) is 0 Å². The summed E-state index contributed by atoms with van der Waals surface area (Å²) >= 11 is 5.66. The zero-order chi connectivity index (χ0) is 7.40. The topological polar surface area (TPSA) is 42.3 Å². The van der Waals surface area contributed by atoms with Gasteiger partial charge in [0.2, 0.25) is 0 Å². The smallest absolute Gasteiger partial charge is 0.109 e.